The van der Waals surface area contributed by atoms with E-state index in [2.05, 4.69) is 17.4 Å². The molecule has 33 heavy (non-hydrogen) atoms. The van der Waals surface area contributed by atoms with E-state index >= 15 is 0 Å². The van der Waals surface area contributed by atoms with Crippen molar-refractivity contribution in [3.05, 3.63) is 82.2 Å². The second-order valence-corrected chi connectivity index (χ2v) is 8.99. The van der Waals surface area contributed by atoms with Crippen LogP contribution in [0.3, 0.4) is 0 Å². The van der Waals surface area contributed by atoms with E-state index in [4.69, 9.17) is 14.2 Å². The highest BCUT2D eigenvalue weighted by Gasteiger charge is 2.42. The van der Waals surface area contributed by atoms with Crippen LogP contribution in [0.25, 0.3) is 0 Å². The van der Waals surface area contributed by atoms with Gasteiger partial charge in [-0.3, -0.25) is 4.79 Å². The molecule has 0 spiro atoms. The molecule has 0 amide bonds. The number of ether oxygens (including phenoxy) is 3. The van der Waals surface area contributed by atoms with Crippen LogP contribution in [0.4, 0.5) is 0 Å². The Hall–Kier alpha value is -3.54. The molecule has 170 valence electrons. The van der Waals surface area contributed by atoms with Crippen molar-refractivity contribution in [3.63, 3.8) is 0 Å². The Morgan fingerprint density at radius 3 is 2.55 bits per heavy atom. The highest BCUT2D eigenvalue weighted by Crippen LogP contribution is 2.47. The lowest BCUT2D eigenvalue weighted by molar-refractivity contribution is -0.143. The van der Waals surface area contributed by atoms with Crippen molar-refractivity contribution in [1.82, 2.24) is 5.32 Å². The number of hydrogen-bond acceptors (Lipinski definition) is 6. The summed E-state index contributed by atoms with van der Waals surface area (Å²) in [6.07, 6.45) is 0.836. The minimum absolute atomic E-state index is 0.0441. The number of rotatable bonds is 4. The Morgan fingerprint density at radius 1 is 1.03 bits per heavy atom. The van der Waals surface area contributed by atoms with Crippen LogP contribution >= 0.6 is 0 Å². The average Bonchev–Trinajstić information content (AvgIpc) is 3.26. The number of Topliss-reactive ketones (excluding diaryl/α,β-unsaturated/α-hetero) is 1. The Kier molecular flexibility index (Phi) is 5.44. The molecule has 6 nitrogen and oxygen atoms in total. The number of hydrogen-bond donors (Lipinski definition) is 1. The second-order valence-electron chi connectivity index (χ2n) is 8.99. The number of fused-ring (bicyclic) bond motifs is 1. The van der Waals surface area contributed by atoms with Gasteiger partial charge in [0.05, 0.1) is 11.7 Å². The Bertz CT molecular complexity index is 1180. The fraction of sp³-hybridized carbons (Fsp3) is 0.333. The maximum absolute atomic E-state index is 13.6. The van der Waals surface area contributed by atoms with Crippen LogP contribution in [-0.4, -0.2) is 24.6 Å². The summed E-state index contributed by atoms with van der Waals surface area (Å²) in [5, 5.41) is 3.39. The molecule has 2 aliphatic heterocycles. The molecule has 0 saturated carbocycles. The van der Waals surface area contributed by atoms with Gasteiger partial charge in [0.1, 0.15) is 0 Å². The summed E-state index contributed by atoms with van der Waals surface area (Å²) >= 11 is 0. The summed E-state index contributed by atoms with van der Waals surface area (Å²) in [6.45, 7) is 5.67. The Labute approximate surface area is 193 Å². The van der Waals surface area contributed by atoms with E-state index in [1.165, 1.54) is 0 Å². The molecule has 0 radical (unpaired) electrons. The zero-order chi connectivity index (χ0) is 23.1. The monoisotopic (exact) mass is 445 g/mol. The molecule has 1 aliphatic carbocycles. The summed E-state index contributed by atoms with van der Waals surface area (Å²) in [5.74, 6) is 0.483. The SMILES string of the molecule is CC1=C(C(=O)OC(C)C)[C@@H](c2ccc3c(c2)OCO3)C2=C(C[C@@H](c3ccccc3)CC2=O)N1. The van der Waals surface area contributed by atoms with Crippen molar-refractivity contribution >= 4 is 11.8 Å². The van der Waals surface area contributed by atoms with Gasteiger partial charge in [0.25, 0.3) is 0 Å². The van der Waals surface area contributed by atoms with Gasteiger partial charge in [-0.25, -0.2) is 4.79 Å². The topological polar surface area (TPSA) is 73.9 Å². The van der Waals surface area contributed by atoms with E-state index in [9.17, 15) is 9.59 Å². The number of ketones is 1. The number of allylic oxidation sites excluding steroid dienone is 3. The number of benzene rings is 2. The van der Waals surface area contributed by atoms with E-state index in [0.717, 1.165) is 16.8 Å². The molecule has 2 aromatic carbocycles. The van der Waals surface area contributed by atoms with Crippen molar-refractivity contribution in [2.24, 2.45) is 0 Å². The van der Waals surface area contributed by atoms with Crippen LogP contribution in [0.15, 0.2) is 71.1 Å². The van der Waals surface area contributed by atoms with Crippen LogP contribution < -0.4 is 14.8 Å². The molecule has 0 unspecified atom stereocenters. The van der Waals surface area contributed by atoms with Crippen LogP contribution in [0.1, 0.15) is 56.6 Å². The summed E-state index contributed by atoms with van der Waals surface area (Å²) in [7, 11) is 0. The average molecular weight is 446 g/mol. The molecule has 2 atom stereocenters. The molecule has 3 aliphatic rings. The molecular weight excluding hydrogens is 418 g/mol. The van der Waals surface area contributed by atoms with Crippen LogP contribution in [0.2, 0.25) is 0 Å². The summed E-state index contributed by atoms with van der Waals surface area (Å²) < 4.78 is 16.6. The highest BCUT2D eigenvalue weighted by atomic mass is 16.7. The lowest BCUT2D eigenvalue weighted by atomic mass is 9.71. The van der Waals surface area contributed by atoms with Gasteiger partial charge in [0, 0.05) is 29.3 Å². The molecule has 2 heterocycles. The minimum atomic E-state index is -0.522. The maximum Gasteiger partial charge on any atom is 0.337 e. The van der Waals surface area contributed by atoms with Crippen molar-refractivity contribution in [2.75, 3.05) is 6.79 Å². The zero-order valence-corrected chi connectivity index (χ0v) is 19.0. The van der Waals surface area contributed by atoms with Crippen molar-refractivity contribution < 1.29 is 23.8 Å². The van der Waals surface area contributed by atoms with E-state index in [1.54, 1.807) is 0 Å². The van der Waals surface area contributed by atoms with Gasteiger partial charge in [0.15, 0.2) is 17.3 Å². The number of dihydropyridines is 1. The first-order chi connectivity index (χ1) is 15.9. The molecule has 0 aromatic heterocycles. The third-order valence-electron chi connectivity index (χ3n) is 6.39. The Balaban J connectivity index is 1.60. The molecule has 1 N–H and O–H groups in total. The number of nitrogens with one attached hydrogen (secondary N) is 1. The van der Waals surface area contributed by atoms with Gasteiger partial charge >= 0.3 is 5.97 Å². The van der Waals surface area contributed by atoms with Crippen molar-refractivity contribution in [3.8, 4) is 11.5 Å². The number of esters is 1. The first-order valence-corrected chi connectivity index (χ1v) is 11.3. The molecular formula is C27H27NO5. The molecule has 6 heteroatoms. The van der Waals surface area contributed by atoms with Gasteiger partial charge in [-0.2, -0.15) is 0 Å². The predicted molar refractivity (Wildman–Crippen MR) is 123 cm³/mol. The van der Waals surface area contributed by atoms with Gasteiger partial charge in [-0.15, -0.1) is 0 Å². The summed E-state index contributed by atoms with van der Waals surface area (Å²) in [6, 6.07) is 15.7. The van der Waals surface area contributed by atoms with Crippen molar-refractivity contribution in [1.29, 1.82) is 0 Å². The Morgan fingerprint density at radius 2 is 1.79 bits per heavy atom. The highest BCUT2D eigenvalue weighted by molar-refractivity contribution is 6.04. The molecule has 2 aromatic rings. The third kappa shape index (κ3) is 3.90. The lowest BCUT2D eigenvalue weighted by Gasteiger charge is -2.37. The fourth-order valence-electron chi connectivity index (χ4n) is 4.97. The molecule has 0 bridgehead atoms. The van der Waals surface area contributed by atoms with Crippen LogP contribution in [-0.2, 0) is 14.3 Å². The molecule has 0 fully saturated rings. The quantitative estimate of drug-likeness (QED) is 0.686. The number of carbonyl (C=O) groups excluding carboxylic acids is 2. The van der Waals surface area contributed by atoms with Gasteiger partial charge in [-0.05, 0) is 56.4 Å². The first-order valence-electron chi connectivity index (χ1n) is 11.3. The van der Waals surface area contributed by atoms with Crippen molar-refractivity contribution in [2.45, 2.75) is 51.6 Å². The minimum Gasteiger partial charge on any atom is -0.460 e. The van der Waals surface area contributed by atoms with E-state index in [1.807, 2.05) is 57.2 Å². The van der Waals surface area contributed by atoms with Gasteiger partial charge in [-0.1, -0.05) is 36.4 Å². The number of carbonyl (C=O) groups is 2. The normalized spacial score (nSPS) is 21.8. The van der Waals surface area contributed by atoms with Crippen LogP contribution in [0.5, 0.6) is 11.5 Å². The van der Waals surface area contributed by atoms with Gasteiger partial charge < -0.3 is 19.5 Å². The lowest BCUT2D eigenvalue weighted by Crippen LogP contribution is -2.36. The molecule has 5 rings (SSSR count). The predicted octanol–water partition coefficient (Wildman–Crippen LogP) is 4.73. The van der Waals surface area contributed by atoms with E-state index in [0.29, 0.717) is 41.2 Å². The largest absolute Gasteiger partial charge is 0.460 e. The van der Waals surface area contributed by atoms with E-state index < -0.39 is 11.9 Å². The fourth-order valence-corrected chi connectivity index (χ4v) is 4.97. The van der Waals surface area contributed by atoms with Crippen LogP contribution in [0, 0.1) is 0 Å². The first kappa shape index (κ1) is 21.3. The smallest absolute Gasteiger partial charge is 0.337 e. The maximum atomic E-state index is 13.6. The zero-order valence-electron chi connectivity index (χ0n) is 19.0. The second kappa shape index (κ2) is 8.43. The molecule has 0 saturated heterocycles. The standard InChI is InChI=1S/C27H27NO5/c1-15(2)33-27(30)24-16(3)28-20-11-19(17-7-5-4-6-8-17)12-21(29)26(20)25(24)18-9-10-22-23(13-18)32-14-31-22/h4-10,13,15,19,25,28H,11-12,14H2,1-3H3/t19-,25-/m1/s1. The summed E-state index contributed by atoms with van der Waals surface area (Å²) in [4.78, 5) is 26.8. The van der Waals surface area contributed by atoms with Gasteiger partial charge in [0.2, 0.25) is 6.79 Å². The van der Waals surface area contributed by atoms with E-state index in [-0.39, 0.29) is 24.6 Å². The summed E-state index contributed by atoms with van der Waals surface area (Å²) in [5.41, 5.74) is 4.65. The third-order valence-corrected chi connectivity index (χ3v) is 6.39.